The van der Waals surface area contributed by atoms with Crippen LogP contribution in [-0.2, 0) is 16.2 Å². The van der Waals surface area contributed by atoms with Gasteiger partial charge in [0.15, 0.2) is 0 Å². The van der Waals surface area contributed by atoms with E-state index in [-0.39, 0.29) is 19.8 Å². The molecule has 1 saturated carbocycles. The average Bonchev–Trinajstić information content (AvgIpc) is 3.65. The molecule has 2 amide bonds. The highest BCUT2D eigenvalue weighted by atomic mass is 28.3. The summed E-state index contributed by atoms with van der Waals surface area (Å²) in [6.07, 6.45) is 2.02. The van der Waals surface area contributed by atoms with Crippen LogP contribution in [0.1, 0.15) is 49.7 Å². The van der Waals surface area contributed by atoms with Gasteiger partial charge in [-0.15, -0.1) is 0 Å². The smallest absolute Gasteiger partial charge is 0.410 e. The first-order chi connectivity index (χ1) is 21.6. The van der Waals surface area contributed by atoms with Crippen LogP contribution in [0.3, 0.4) is 0 Å². The topological polar surface area (TPSA) is 128 Å². The summed E-state index contributed by atoms with van der Waals surface area (Å²) in [5, 5.41) is 13.7. The number of benzene rings is 1. The molecule has 0 unspecified atom stereocenters. The van der Waals surface area contributed by atoms with Gasteiger partial charge in [-0.05, 0) is 64.6 Å². The number of likely N-dealkylation sites (tertiary alicyclic amines) is 1. The maximum Gasteiger partial charge on any atom is 0.410 e. The second-order valence-electron chi connectivity index (χ2n) is 14.6. The number of carbonyl (C=O) groups excluding carboxylic acids is 2. The van der Waals surface area contributed by atoms with Gasteiger partial charge in [0, 0.05) is 38.5 Å². The molecule has 3 aromatic rings. The quantitative estimate of drug-likeness (QED) is 0.209. The summed E-state index contributed by atoms with van der Waals surface area (Å²) in [5.41, 5.74) is 2.24. The van der Waals surface area contributed by atoms with E-state index < -0.39 is 43.6 Å². The summed E-state index contributed by atoms with van der Waals surface area (Å²) >= 11 is 0. The largest absolute Gasteiger partial charge is 0.492 e. The Labute approximate surface area is 270 Å². The van der Waals surface area contributed by atoms with Gasteiger partial charge >= 0.3 is 6.09 Å². The molecule has 1 aromatic carbocycles. The fourth-order valence-corrected chi connectivity index (χ4v) is 6.16. The van der Waals surface area contributed by atoms with Crippen molar-refractivity contribution >= 4 is 31.1 Å². The lowest BCUT2D eigenvalue weighted by Gasteiger charge is -2.24. The highest BCUT2D eigenvalue weighted by Crippen LogP contribution is 2.38. The van der Waals surface area contributed by atoms with Crippen LogP contribution in [0.15, 0.2) is 24.5 Å². The molecule has 2 fully saturated rings. The van der Waals surface area contributed by atoms with Crippen LogP contribution in [0, 0.1) is 18.7 Å². The second-order valence-corrected chi connectivity index (χ2v) is 20.2. The lowest BCUT2D eigenvalue weighted by Crippen LogP contribution is -2.43. The summed E-state index contributed by atoms with van der Waals surface area (Å²) in [4.78, 5) is 37.2. The van der Waals surface area contributed by atoms with E-state index in [1.807, 2.05) is 11.5 Å². The zero-order valence-corrected chi connectivity index (χ0v) is 28.9. The zero-order valence-electron chi connectivity index (χ0n) is 27.9. The van der Waals surface area contributed by atoms with Gasteiger partial charge in [-0.2, -0.15) is 0 Å². The van der Waals surface area contributed by atoms with E-state index in [9.17, 15) is 19.1 Å². The second kappa shape index (κ2) is 13.3. The Bertz CT molecular complexity index is 1600. The van der Waals surface area contributed by atoms with Crippen molar-refractivity contribution in [1.82, 2.24) is 24.8 Å². The van der Waals surface area contributed by atoms with E-state index in [1.165, 1.54) is 23.4 Å². The molecule has 5 rings (SSSR count). The van der Waals surface area contributed by atoms with Crippen molar-refractivity contribution in [3.8, 4) is 17.0 Å². The summed E-state index contributed by atoms with van der Waals surface area (Å²) in [6, 6.07) is 4.61. The van der Waals surface area contributed by atoms with Crippen LogP contribution in [-0.4, -0.2) is 88.7 Å². The molecule has 250 valence electrons. The number of carbonyl (C=O) groups is 2. The van der Waals surface area contributed by atoms with Gasteiger partial charge in [-0.25, -0.2) is 19.2 Å². The van der Waals surface area contributed by atoms with Gasteiger partial charge in [0.05, 0.1) is 36.4 Å². The van der Waals surface area contributed by atoms with Crippen molar-refractivity contribution in [2.45, 2.75) is 90.7 Å². The molecule has 2 N–H and O–H groups in total. The lowest BCUT2D eigenvalue weighted by atomic mass is 10.1. The molecule has 2 atom stereocenters. The van der Waals surface area contributed by atoms with Gasteiger partial charge in [0.1, 0.15) is 41.4 Å². The molecule has 0 spiro atoms. The number of halogens is 1. The highest BCUT2D eigenvalue weighted by molar-refractivity contribution is 6.76. The van der Waals surface area contributed by atoms with E-state index in [2.05, 4.69) is 34.9 Å². The van der Waals surface area contributed by atoms with Crippen LogP contribution in [0.2, 0.25) is 25.7 Å². The third-order valence-electron chi connectivity index (χ3n) is 8.17. The molecule has 13 heteroatoms. The van der Waals surface area contributed by atoms with Gasteiger partial charge in [-0.3, -0.25) is 4.79 Å². The summed E-state index contributed by atoms with van der Waals surface area (Å²) in [5.74, 6) is -0.0386. The van der Waals surface area contributed by atoms with Crippen molar-refractivity contribution in [2.24, 2.45) is 5.92 Å². The van der Waals surface area contributed by atoms with Gasteiger partial charge < -0.3 is 34.1 Å². The van der Waals surface area contributed by atoms with E-state index in [0.717, 1.165) is 18.9 Å². The molecule has 1 saturated heterocycles. The molecule has 1 aliphatic heterocycles. The number of β-amino-alcohol motifs (C(OH)–C–C–N with tert-alkyl or cyclic N) is 1. The van der Waals surface area contributed by atoms with Crippen LogP contribution >= 0.6 is 0 Å². The van der Waals surface area contributed by atoms with Crippen LogP contribution in [0.5, 0.6) is 5.75 Å². The number of fused-ring (bicyclic) bond motifs is 1. The predicted octanol–water partition coefficient (Wildman–Crippen LogP) is 5.36. The highest BCUT2D eigenvalue weighted by Gasteiger charge is 2.38. The zero-order chi connectivity index (χ0) is 33.4. The van der Waals surface area contributed by atoms with E-state index in [4.69, 9.17) is 14.2 Å². The van der Waals surface area contributed by atoms with Crippen molar-refractivity contribution in [2.75, 3.05) is 26.3 Å². The first kappa shape index (κ1) is 33.8. The van der Waals surface area contributed by atoms with E-state index >= 15 is 0 Å². The SMILES string of the molecule is Cc1c(C(=O)N[C@@H]2CN(C(=O)OC(C)(C)C)C[C@@H]2O)c2ncnc(-c3ccc(F)cc3OCC3CC3)c2n1COCC[Si](C)(C)C. The van der Waals surface area contributed by atoms with Crippen molar-refractivity contribution in [3.63, 3.8) is 0 Å². The van der Waals surface area contributed by atoms with Gasteiger partial charge in [0.25, 0.3) is 5.91 Å². The molecule has 3 heterocycles. The van der Waals surface area contributed by atoms with Crippen molar-refractivity contribution in [3.05, 3.63) is 41.6 Å². The van der Waals surface area contributed by atoms with Crippen LogP contribution in [0.4, 0.5) is 9.18 Å². The molecule has 2 aliphatic rings. The van der Waals surface area contributed by atoms with Gasteiger partial charge in [-0.1, -0.05) is 19.6 Å². The average molecular weight is 656 g/mol. The molecular formula is C33H46FN5O6Si. The van der Waals surface area contributed by atoms with E-state index in [1.54, 1.807) is 26.8 Å². The Hall–Kier alpha value is -3.55. The molecule has 46 heavy (non-hydrogen) atoms. The van der Waals surface area contributed by atoms with Crippen molar-refractivity contribution < 1.29 is 33.3 Å². The summed E-state index contributed by atoms with van der Waals surface area (Å²) < 4.78 is 34.0. The monoisotopic (exact) mass is 655 g/mol. The fourth-order valence-electron chi connectivity index (χ4n) is 5.40. The first-order valence-corrected chi connectivity index (χ1v) is 19.6. The Balaban J connectivity index is 1.50. The minimum absolute atomic E-state index is 0.0338. The normalized spacial score (nSPS) is 18.7. The number of aromatic nitrogens is 3. The maximum atomic E-state index is 14.4. The molecular weight excluding hydrogens is 609 g/mol. The molecule has 0 radical (unpaired) electrons. The number of rotatable bonds is 11. The summed E-state index contributed by atoms with van der Waals surface area (Å²) in [6.45, 7) is 15.3. The predicted molar refractivity (Wildman–Crippen MR) is 175 cm³/mol. The maximum absolute atomic E-state index is 14.4. The number of hydrogen-bond donors (Lipinski definition) is 2. The number of aliphatic hydroxyl groups excluding tert-OH is 1. The minimum atomic E-state index is -1.36. The number of nitrogens with zero attached hydrogens (tertiary/aromatic N) is 4. The van der Waals surface area contributed by atoms with Crippen molar-refractivity contribution in [1.29, 1.82) is 0 Å². The van der Waals surface area contributed by atoms with E-state index in [0.29, 0.717) is 58.4 Å². The number of aliphatic hydroxyl groups is 1. The van der Waals surface area contributed by atoms with Gasteiger partial charge in [0.2, 0.25) is 0 Å². The number of amides is 2. The fraction of sp³-hybridized carbons (Fsp3) is 0.576. The third-order valence-corrected chi connectivity index (χ3v) is 9.87. The van der Waals surface area contributed by atoms with Crippen LogP contribution < -0.4 is 10.1 Å². The number of ether oxygens (including phenoxy) is 3. The Morgan fingerprint density at radius 2 is 1.89 bits per heavy atom. The third kappa shape index (κ3) is 8.05. The standard InChI is InChI=1S/C33H46FN5O6Si/c1-20-27(31(41)37-24-15-38(16-25(24)40)32(42)45-33(2,3)4)29-30(39(20)19-43-12-13-46(5,6)7)28(35-18-36-29)23-11-10-22(34)14-26(23)44-17-21-8-9-21/h10-11,14,18,21,24-25,40H,8-9,12-13,15-17,19H2,1-7H3,(H,37,41)/t24-,25+/m1/s1. The lowest BCUT2D eigenvalue weighted by molar-refractivity contribution is 0.0269. The van der Waals surface area contributed by atoms with Crippen LogP contribution in [0.25, 0.3) is 22.3 Å². The summed E-state index contributed by atoms with van der Waals surface area (Å²) in [7, 11) is -1.36. The first-order valence-electron chi connectivity index (χ1n) is 15.9. The Kier molecular flexibility index (Phi) is 9.76. The molecule has 11 nitrogen and oxygen atoms in total. The number of nitrogens with one attached hydrogen (secondary N) is 1. The Morgan fingerprint density at radius 3 is 2.57 bits per heavy atom. The Morgan fingerprint density at radius 1 is 1.15 bits per heavy atom. The molecule has 1 aliphatic carbocycles. The number of hydrogen-bond acceptors (Lipinski definition) is 8. The molecule has 0 bridgehead atoms. The molecule has 2 aromatic heterocycles. The minimum Gasteiger partial charge on any atom is -0.492 e.